The van der Waals surface area contributed by atoms with Crippen molar-refractivity contribution in [2.24, 2.45) is 0 Å². The van der Waals surface area contributed by atoms with Gasteiger partial charge in [0.25, 0.3) is 5.91 Å². The van der Waals surface area contributed by atoms with E-state index < -0.39 is 0 Å². The number of carbonyl (C=O) groups is 1. The fourth-order valence-corrected chi connectivity index (χ4v) is 3.22. The van der Waals surface area contributed by atoms with E-state index in [9.17, 15) is 4.79 Å². The third-order valence-electron chi connectivity index (χ3n) is 4.28. The zero-order valence-corrected chi connectivity index (χ0v) is 14.5. The monoisotopic (exact) mass is 348 g/mol. The molecule has 1 fully saturated rings. The first-order valence-corrected chi connectivity index (χ1v) is 8.41. The molecule has 1 N–H and O–H groups in total. The molecule has 0 aliphatic carbocycles. The molecule has 0 radical (unpaired) electrons. The lowest BCUT2D eigenvalue weighted by molar-refractivity contribution is 0.0710. The third-order valence-corrected chi connectivity index (χ3v) is 4.58. The molecule has 3 rings (SSSR count). The van der Waals surface area contributed by atoms with Crippen LogP contribution in [0.2, 0.25) is 5.02 Å². The van der Waals surface area contributed by atoms with Crippen LogP contribution in [0.25, 0.3) is 5.69 Å². The molecule has 1 aromatic carbocycles. The van der Waals surface area contributed by atoms with Crippen molar-refractivity contribution in [2.45, 2.75) is 31.9 Å². The second kappa shape index (κ2) is 7.28. The molecule has 1 aromatic heterocycles. The maximum absolute atomic E-state index is 12.6. The highest BCUT2D eigenvalue weighted by Crippen LogP contribution is 2.30. The predicted molar refractivity (Wildman–Crippen MR) is 93.2 cm³/mol. The summed E-state index contributed by atoms with van der Waals surface area (Å²) in [5.74, 6) is 0.274. The Labute approximate surface area is 146 Å². The molecule has 1 aliphatic heterocycles. The molecule has 2 aromatic rings. The predicted octanol–water partition coefficient (Wildman–Crippen LogP) is 3.44. The summed E-state index contributed by atoms with van der Waals surface area (Å²) >= 11 is 6.38. The van der Waals surface area contributed by atoms with E-state index in [-0.39, 0.29) is 18.1 Å². The molecule has 6 heteroatoms. The number of hydrogen-bond acceptors (Lipinski definition) is 3. The molecule has 1 aliphatic rings. The maximum Gasteiger partial charge on any atom is 0.255 e. The Morgan fingerprint density at radius 1 is 1.42 bits per heavy atom. The molecule has 2 unspecified atom stereocenters. The van der Waals surface area contributed by atoms with Gasteiger partial charge in [0.05, 0.1) is 35.5 Å². The minimum absolute atomic E-state index is 0.0624. The van der Waals surface area contributed by atoms with Crippen molar-refractivity contribution in [1.82, 2.24) is 9.88 Å². The van der Waals surface area contributed by atoms with Crippen LogP contribution in [0.4, 0.5) is 0 Å². The van der Waals surface area contributed by atoms with Gasteiger partial charge in [0.2, 0.25) is 0 Å². The van der Waals surface area contributed by atoms with Crippen molar-refractivity contribution < 1.29 is 14.3 Å². The number of amides is 1. The number of nitrogens with zero attached hydrogens (tertiary/aromatic N) is 1. The first kappa shape index (κ1) is 16.9. The molecular formula is C18H21ClN2O3. The minimum atomic E-state index is -0.212. The van der Waals surface area contributed by atoms with Gasteiger partial charge in [0.1, 0.15) is 5.75 Å². The van der Waals surface area contributed by atoms with Gasteiger partial charge in [0.15, 0.2) is 0 Å². The van der Waals surface area contributed by atoms with Crippen LogP contribution in [0.5, 0.6) is 5.75 Å². The Hall–Kier alpha value is -1.98. The van der Waals surface area contributed by atoms with E-state index in [1.165, 1.54) is 0 Å². The van der Waals surface area contributed by atoms with Crippen molar-refractivity contribution in [3.05, 3.63) is 47.2 Å². The van der Waals surface area contributed by atoms with Crippen LogP contribution in [0.3, 0.4) is 0 Å². The summed E-state index contributed by atoms with van der Waals surface area (Å²) in [6.45, 7) is 2.71. The number of hydrogen-bond donors (Lipinski definition) is 1. The fourth-order valence-electron chi connectivity index (χ4n) is 2.96. The van der Waals surface area contributed by atoms with Crippen molar-refractivity contribution >= 4 is 17.5 Å². The number of aromatic nitrogens is 1. The van der Waals surface area contributed by atoms with Crippen molar-refractivity contribution in [1.29, 1.82) is 0 Å². The van der Waals surface area contributed by atoms with E-state index in [2.05, 4.69) is 5.32 Å². The van der Waals surface area contributed by atoms with E-state index in [1.54, 1.807) is 19.2 Å². The lowest BCUT2D eigenvalue weighted by Crippen LogP contribution is -2.40. The molecule has 1 saturated heterocycles. The number of benzene rings is 1. The minimum Gasteiger partial charge on any atom is -0.496 e. The molecule has 24 heavy (non-hydrogen) atoms. The van der Waals surface area contributed by atoms with Gasteiger partial charge < -0.3 is 19.4 Å². The van der Waals surface area contributed by atoms with Crippen LogP contribution in [-0.4, -0.2) is 36.3 Å². The van der Waals surface area contributed by atoms with Gasteiger partial charge in [0, 0.05) is 25.1 Å². The number of rotatable bonds is 5. The van der Waals surface area contributed by atoms with E-state index in [4.69, 9.17) is 21.1 Å². The van der Waals surface area contributed by atoms with Gasteiger partial charge in [-0.15, -0.1) is 0 Å². The van der Waals surface area contributed by atoms with Gasteiger partial charge in [-0.05, 0) is 38.0 Å². The molecular weight excluding hydrogens is 328 g/mol. The topological polar surface area (TPSA) is 52.5 Å². The van der Waals surface area contributed by atoms with Crippen molar-refractivity contribution in [2.75, 3.05) is 13.7 Å². The van der Waals surface area contributed by atoms with Crippen LogP contribution < -0.4 is 10.1 Å². The number of methoxy groups -OCH3 is 1. The van der Waals surface area contributed by atoms with Crippen molar-refractivity contribution in [3.63, 3.8) is 0 Å². The largest absolute Gasteiger partial charge is 0.496 e. The SMILES string of the molecule is COc1cc(-n2cccc2)c(Cl)cc1C(=O)NC(C)C1CCCO1. The highest BCUT2D eigenvalue weighted by Gasteiger charge is 2.25. The van der Waals surface area contributed by atoms with Crippen LogP contribution in [0.1, 0.15) is 30.1 Å². The first-order valence-electron chi connectivity index (χ1n) is 8.03. The smallest absolute Gasteiger partial charge is 0.255 e. The van der Waals surface area contributed by atoms with E-state index in [0.717, 1.165) is 25.1 Å². The molecule has 0 bridgehead atoms. The lowest BCUT2D eigenvalue weighted by Gasteiger charge is -2.21. The summed E-state index contributed by atoms with van der Waals surface area (Å²) in [7, 11) is 1.54. The van der Waals surface area contributed by atoms with E-state index >= 15 is 0 Å². The zero-order chi connectivity index (χ0) is 17.1. The summed E-state index contributed by atoms with van der Waals surface area (Å²) in [6.07, 6.45) is 5.84. The summed E-state index contributed by atoms with van der Waals surface area (Å²) in [4.78, 5) is 12.6. The van der Waals surface area contributed by atoms with Crippen LogP contribution in [-0.2, 0) is 4.74 Å². The molecule has 5 nitrogen and oxygen atoms in total. The summed E-state index contributed by atoms with van der Waals surface area (Å²) in [5.41, 5.74) is 1.19. The van der Waals surface area contributed by atoms with Crippen LogP contribution in [0.15, 0.2) is 36.7 Å². The number of halogens is 1. The number of ether oxygens (including phenoxy) is 2. The number of nitrogens with one attached hydrogen (secondary N) is 1. The van der Waals surface area contributed by atoms with Gasteiger partial charge in [-0.3, -0.25) is 4.79 Å². The summed E-state index contributed by atoms with van der Waals surface area (Å²) in [6, 6.07) is 7.17. The second-order valence-corrected chi connectivity index (χ2v) is 6.32. The number of carbonyl (C=O) groups excluding carboxylic acids is 1. The van der Waals surface area contributed by atoms with Gasteiger partial charge in [-0.25, -0.2) is 0 Å². The van der Waals surface area contributed by atoms with Crippen LogP contribution in [0, 0.1) is 0 Å². The Bertz CT molecular complexity index is 709. The average molecular weight is 349 g/mol. The summed E-state index contributed by atoms with van der Waals surface area (Å²) < 4.78 is 12.9. The van der Waals surface area contributed by atoms with Gasteiger partial charge in [-0.2, -0.15) is 0 Å². The highest BCUT2D eigenvalue weighted by molar-refractivity contribution is 6.33. The normalized spacial score (nSPS) is 18.4. The Balaban J connectivity index is 1.84. The Morgan fingerprint density at radius 2 is 2.17 bits per heavy atom. The standard InChI is InChI=1S/C18H21ClN2O3/c1-12(16-6-5-9-24-16)20-18(22)13-10-14(19)15(11-17(13)23-2)21-7-3-4-8-21/h3-4,7-8,10-12,16H,5-6,9H2,1-2H3,(H,20,22). The van der Waals surface area contributed by atoms with Gasteiger partial charge in [-0.1, -0.05) is 11.6 Å². The quantitative estimate of drug-likeness (QED) is 0.900. The van der Waals surface area contributed by atoms with E-state index in [1.807, 2.05) is 36.0 Å². The zero-order valence-electron chi connectivity index (χ0n) is 13.8. The highest BCUT2D eigenvalue weighted by atomic mass is 35.5. The van der Waals surface area contributed by atoms with Crippen LogP contribution >= 0.6 is 11.6 Å². The Morgan fingerprint density at radius 3 is 2.79 bits per heavy atom. The first-order chi connectivity index (χ1) is 11.6. The average Bonchev–Trinajstić information content (AvgIpc) is 3.28. The third kappa shape index (κ3) is 3.42. The van der Waals surface area contributed by atoms with E-state index in [0.29, 0.717) is 16.3 Å². The molecule has 2 heterocycles. The van der Waals surface area contributed by atoms with Crippen molar-refractivity contribution in [3.8, 4) is 11.4 Å². The maximum atomic E-state index is 12.6. The Kier molecular flexibility index (Phi) is 5.11. The molecule has 0 spiro atoms. The summed E-state index contributed by atoms with van der Waals surface area (Å²) in [5, 5.41) is 3.47. The molecule has 1 amide bonds. The lowest BCUT2D eigenvalue weighted by atomic mass is 10.1. The molecule has 128 valence electrons. The molecule has 0 saturated carbocycles. The molecule has 2 atom stereocenters. The van der Waals surface area contributed by atoms with Gasteiger partial charge >= 0.3 is 0 Å². The second-order valence-electron chi connectivity index (χ2n) is 5.91. The fraction of sp³-hybridized carbons (Fsp3) is 0.389.